The van der Waals surface area contributed by atoms with Crippen LogP contribution in [0.2, 0.25) is 0 Å². The summed E-state index contributed by atoms with van der Waals surface area (Å²) in [5.74, 6) is 0.942. The van der Waals surface area contributed by atoms with Gasteiger partial charge in [-0.1, -0.05) is 25.6 Å². The van der Waals surface area contributed by atoms with Gasteiger partial charge in [-0.05, 0) is 45.7 Å². The average Bonchev–Trinajstić information content (AvgIpc) is 2.41. The number of hydrogen-bond acceptors (Lipinski definition) is 5. The van der Waals surface area contributed by atoms with Gasteiger partial charge in [0.1, 0.15) is 5.54 Å². The molecule has 0 bridgehead atoms. The Kier molecular flexibility index (Phi) is 6.97. The second-order valence-electron chi connectivity index (χ2n) is 4.96. The Morgan fingerprint density at radius 1 is 1.30 bits per heavy atom. The fourth-order valence-corrected chi connectivity index (χ4v) is 3.09. The predicted molar refractivity (Wildman–Crippen MR) is 83.8 cm³/mol. The Hall–Kier alpha value is -1.12. The van der Waals surface area contributed by atoms with Gasteiger partial charge in [-0.2, -0.15) is 5.26 Å². The van der Waals surface area contributed by atoms with Crippen molar-refractivity contribution in [3.05, 3.63) is 17.5 Å². The summed E-state index contributed by atoms with van der Waals surface area (Å²) in [5.41, 5.74) is 1.64. The normalized spacial score (nSPS) is 13.8. The van der Waals surface area contributed by atoms with E-state index in [0.29, 0.717) is 0 Å². The van der Waals surface area contributed by atoms with Gasteiger partial charge in [0, 0.05) is 17.1 Å². The molecule has 0 fully saturated rings. The zero-order valence-electron chi connectivity index (χ0n) is 12.9. The highest BCUT2D eigenvalue weighted by molar-refractivity contribution is 7.99. The summed E-state index contributed by atoms with van der Waals surface area (Å²) in [5, 5.41) is 13.5. The van der Waals surface area contributed by atoms with Gasteiger partial charge in [-0.15, -0.1) is 0 Å². The van der Waals surface area contributed by atoms with Crippen LogP contribution in [0.25, 0.3) is 0 Å². The predicted octanol–water partition coefficient (Wildman–Crippen LogP) is 3.25. The topological polar surface area (TPSA) is 61.6 Å². The van der Waals surface area contributed by atoms with Gasteiger partial charge >= 0.3 is 0 Å². The molecule has 1 N–H and O–H groups in total. The third kappa shape index (κ3) is 5.10. The second kappa shape index (κ2) is 8.23. The van der Waals surface area contributed by atoms with Crippen LogP contribution in [-0.2, 0) is 0 Å². The monoisotopic (exact) mass is 292 g/mol. The third-order valence-corrected chi connectivity index (χ3v) is 4.21. The third-order valence-electron chi connectivity index (χ3n) is 3.27. The fraction of sp³-hybridized carbons (Fsp3) is 0.667. The number of aromatic nitrogens is 2. The van der Waals surface area contributed by atoms with Gasteiger partial charge in [0.25, 0.3) is 0 Å². The maximum Gasteiger partial charge on any atom is 0.187 e. The van der Waals surface area contributed by atoms with E-state index in [9.17, 15) is 5.26 Å². The average molecular weight is 292 g/mol. The molecule has 0 radical (unpaired) electrons. The summed E-state index contributed by atoms with van der Waals surface area (Å²) in [6.45, 7) is 8.91. The molecule has 0 saturated carbocycles. The van der Waals surface area contributed by atoms with Crippen molar-refractivity contribution < 1.29 is 0 Å². The molecule has 0 aliphatic heterocycles. The molecule has 0 aliphatic carbocycles. The maximum absolute atomic E-state index is 9.35. The first-order valence-electron chi connectivity index (χ1n) is 7.16. The summed E-state index contributed by atoms with van der Waals surface area (Å²) >= 11 is 1.67. The molecular weight excluding hydrogens is 268 g/mol. The zero-order valence-corrected chi connectivity index (χ0v) is 13.7. The van der Waals surface area contributed by atoms with E-state index >= 15 is 0 Å². The van der Waals surface area contributed by atoms with Gasteiger partial charge in [-0.3, -0.25) is 5.32 Å². The lowest BCUT2D eigenvalue weighted by Crippen LogP contribution is -2.43. The molecule has 1 heterocycles. The minimum atomic E-state index is -0.376. The fourth-order valence-electron chi connectivity index (χ4n) is 2.20. The smallest absolute Gasteiger partial charge is 0.187 e. The first-order chi connectivity index (χ1) is 9.55. The van der Waals surface area contributed by atoms with Crippen molar-refractivity contribution in [3.8, 4) is 6.07 Å². The van der Waals surface area contributed by atoms with E-state index in [4.69, 9.17) is 0 Å². The lowest BCUT2D eigenvalue weighted by molar-refractivity contribution is 0.379. The first kappa shape index (κ1) is 16.9. The summed E-state index contributed by atoms with van der Waals surface area (Å²) in [6, 6.07) is 4.41. The molecule has 5 heteroatoms. The molecule has 0 aromatic carbocycles. The number of nitrogens with zero attached hydrogens (tertiary/aromatic N) is 3. The van der Waals surface area contributed by atoms with Gasteiger partial charge in [0.2, 0.25) is 0 Å². The summed E-state index contributed by atoms with van der Waals surface area (Å²) < 4.78 is 0. The first-order valence-corrected chi connectivity index (χ1v) is 8.15. The molecule has 110 valence electrons. The van der Waals surface area contributed by atoms with E-state index in [1.807, 2.05) is 26.8 Å². The van der Waals surface area contributed by atoms with Crippen LogP contribution in [0, 0.1) is 25.2 Å². The van der Waals surface area contributed by atoms with Gasteiger partial charge < -0.3 is 0 Å². The highest BCUT2D eigenvalue weighted by Gasteiger charge is 2.25. The number of nitriles is 1. The number of hydrogen-bond donors (Lipinski definition) is 1. The number of rotatable bonds is 8. The van der Waals surface area contributed by atoms with Crippen LogP contribution in [0.3, 0.4) is 0 Å². The Morgan fingerprint density at radius 2 is 1.95 bits per heavy atom. The van der Waals surface area contributed by atoms with Crippen molar-refractivity contribution in [2.75, 3.05) is 12.3 Å². The number of thioether (sulfide) groups is 1. The van der Waals surface area contributed by atoms with Gasteiger partial charge in [0.05, 0.1) is 6.07 Å². The van der Waals surface area contributed by atoms with Crippen molar-refractivity contribution in [1.29, 1.82) is 5.26 Å². The highest BCUT2D eigenvalue weighted by atomic mass is 32.2. The van der Waals surface area contributed by atoms with Gasteiger partial charge in [0.15, 0.2) is 5.16 Å². The Balaban J connectivity index is 2.46. The molecule has 0 spiro atoms. The van der Waals surface area contributed by atoms with E-state index in [1.165, 1.54) is 0 Å². The van der Waals surface area contributed by atoms with E-state index in [1.54, 1.807) is 11.8 Å². The van der Waals surface area contributed by atoms with Crippen molar-refractivity contribution in [1.82, 2.24) is 15.3 Å². The molecule has 1 atom stereocenters. The highest BCUT2D eigenvalue weighted by Crippen LogP contribution is 2.21. The number of nitrogens with one attached hydrogen (secondary N) is 1. The molecular formula is C15H24N4S. The van der Waals surface area contributed by atoms with Crippen LogP contribution in [0.5, 0.6) is 0 Å². The van der Waals surface area contributed by atoms with Crippen molar-refractivity contribution in [2.24, 2.45) is 0 Å². The maximum atomic E-state index is 9.35. The lowest BCUT2D eigenvalue weighted by atomic mass is 9.92. The van der Waals surface area contributed by atoms with Crippen molar-refractivity contribution in [3.63, 3.8) is 0 Å². The van der Waals surface area contributed by atoms with E-state index in [0.717, 1.165) is 48.1 Å². The van der Waals surface area contributed by atoms with Crippen LogP contribution < -0.4 is 5.32 Å². The van der Waals surface area contributed by atoms with Gasteiger partial charge in [-0.25, -0.2) is 9.97 Å². The summed E-state index contributed by atoms with van der Waals surface area (Å²) in [6.07, 6.45) is 2.68. The van der Waals surface area contributed by atoms with E-state index in [-0.39, 0.29) is 5.54 Å². The van der Waals surface area contributed by atoms with Crippen LogP contribution in [0.15, 0.2) is 11.2 Å². The minimum Gasteiger partial charge on any atom is -0.300 e. The van der Waals surface area contributed by atoms with Crippen LogP contribution in [-0.4, -0.2) is 27.8 Å². The summed E-state index contributed by atoms with van der Waals surface area (Å²) in [7, 11) is 0. The SMILES string of the molecule is CCNC(C#N)(CC)CCCSc1nc(C)cc(C)n1. The van der Waals surface area contributed by atoms with Crippen molar-refractivity contribution in [2.45, 2.75) is 57.7 Å². The number of aryl methyl sites for hydroxylation is 2. The Labute approximate surface area is 126 Å². The second-order valence-corrected chi connectivity index (χ2v) is 6.03. The molecule has 1 aromatic heterocycles. The molecule has 0 amide bonds. The summed E-state index contributed by atoms with van der Waals surface area (Å²) in [4.78, 5) is 8.83. The van der Waals surface area contributed by atoms with Crippen molar-refractivity contribution >= 4 is 11.8 Å². The Morgan fingerprint density at radius 3 is 2.45 bits per heavy atom. The molecule has 1 unspecified atom stereocenters. The van der Waals surface area contributed by atoms with Crippen LogP contribution >= 0.6 is 11.8 Å². The molecule has 0 aliphatic rings. The lowest BCUT2D eigenvalue weighted by Gasteiger charge is -2.25. The molecule has 4 nitrogen and oxygen atoms in total. The quantitative estimate of drug-likeness (QED) is 0.453. The zero-order chi connectivity index (χ0) is 15.0. The van der Waals surface area contributed by atoms with Crippen LogP contribution in [0.1, 0.15) is 44.5 Å². The van der Waals surface area contributed by atoms with E-state index < -0.39 is 0 Å². The molecule has 20 heavy (non-hydrogen) atoms. The molecule has 1 aromatic rings. The molecule has 0 saturated heterocycles. The minimum absolute atomic E-state index is 0.376. The van der Waals surface area contributed by atoms with Crippen LogP contribution in [0.4, 0.5) is 0 Å². The molecule has 1 rings (SSSR count). The largest absolute Gasteiger partial charge is 0.300 e. The van der Waals surface area contributed by atoms with E-state index in [2.05, 4.69) is 28.3 Å². The Bertz CT molecular complexity index is 449. The standard InChI is InChI=1S/C15H24N4S/c1-5-15(11-16,17-6-2)8-7-9-20-14-18-12(3)10-13(4)19-14/h10,17H,5-9H2,1-4H3.